The minimum absolute atomic E-state index is 0.284. The Hall–Kier alpha value is -2.48. The Kier molecular flexibility index (Phi) is 6.05. The van der Waals surface area contributed by atoms with Gasteiger partial charge in [-0.2, -0.15) is 0 Å². The SMILES string of the molecule is CCCN(NC[C@H](O)c1cccc(Cl)c1)c1ccc2c(c1)OC(C(=O)O)O2. The first-order valence-corrected chi connectivity index (χ1v) is 9.00. The van der Waals surface area contributed by atoms with Crippen LogP contribution in [0.3, 0.4) is 0 Å². The van der Waals surface area contributed by atoms with Crippen molar-refractivity contribution < 1.29 is 24.5 Å². The van der Waals surface area contributed by atoms with Crippen LogP contribution in [0.2, 0.25) is 5.02 Å². The molecular weight excluding hydrogens is 372 g/mol. The minimum atomic E-state index is -1.33. The number of benzene rings is 2. The van der Waals surface area contributed by atoms with E-state index in [2.05, 4.69) is 5.43 Å². The third-order valence-electron chi connectivity index (χ3n) is 4.06. The highest BCUT2D eigenvalue weighted by Gasteiger charge is 2.31. The number of hydrogen-bond acceptors (Lipinski definition) is 6. The van der Waals surface area contributed by atoms with E-state index < -0.39 is 18.4 Å². The predicted molar refractivity (Wildman–Crippen MR) is 101 cm³/mol. The van der Waals surface area contributed by atoms with E-state index in [9.17, 15) is 9.90 Å². The van der Waals surface area contributed by atoms with Crippen LogP contribution in [0.15, 0.2) is 42.5 Å². The fourth-order valence-corrected chi connectivity index (χ4v) is 2.96. The lowest BCUT2D eigenvalue weighted by molar-refractivity contribution is -0.154. The van der Waals surface area contributed by atoms with Crippen molar-refractivity contribution in [2.45, 2.75) is 25.7 Å². The topological polar surface area (TPSA) is 91.3 Å². The quantitative estimate of drug-likeness (QED) is 0.595. The van der Waals surface area contributed by atoms with Crippen LogP contribution in [0.1, 0.15) is 25.0 Å². The van der Waals surface area contributed by atoms with E-state index in [1.807, 2.05) is 18.0 Å². The molecule has 2 aromatic carbocycles. The maximum absolute atomic E-state index is 11.0. The summed E-state index contributed by atoms with van der Waals surface area (Å²) in [6.07, 6.45) is -1.19. The number of hydrazine groups is 1. The Labute approximate surface area is 162 Å². The number of aliphatic hydroxyl groups excluding tert-OH is 1. The van der Waals surface area contributed by atoms with Gasteiger partial charge in [0.1, 0.15) is 0 Å². The molecule has 1 unspecified atom stereocenters. The van der Waals surface area contributed by atoms with E-state index in [0.717, 1.165) is 17.7 Å². The molecule has 1 aliphatic heterocycles. The van der Waals surface area contributed by atoms with Crippen LogP contribution >= 0.6 is 11.6 Å². The zero-order valence-corrected chi connectivity index (χ0v) is 15.5. The molecule has 8 heteroatoms. The number of aliphatic hydroxyl groups is 1. The molecule has 0 aliphatic carbocycles. The smallest absolute Gasteiger partial charge is 0.387 e. The second-order valence-electron chi connectivity index (χ2n) is 6.12. The Morgan fingerprint density at radius 3 is 2.74 bits per heavy atom. The Morgan fingerprint density at radius 1 is 1.26 bits per heavy atom. The second-order valence-corrected chi connectivity index (χ2v) is 6.56. The van der Waals surface area contributed by atoms with Crippen LogP contribution in [0.4, 0.5) is 5.69 Å². The number of rotatable bonds is 8. The molecule has 0 amide bonds. The lowest BCUT2D eigenvalue weighted by atomic mass is 10.1. The van der Waals surface area contributed by atoms with E-state index in [1.54, 1.807) is 36.4 Å². The number of nitrogens with zero attached hydrogens (tertiary/aromatic N) is 1. The molecule has 144 valence electrons. The van der Waals surface area contributed by atoms with Gasteiger partial charge in [0.15, 0.2) is 11.5 Å². The number of carbonyl (C=O) groups is 1. The second kappa shape index (κ2) is 8.47. The fourth-order valence-electron chi connectivity index (χ4n) is 2.76. The molecule has 0 saturated carbocycles. The number of fused-ring (bicyclic) bond motifs is 1. The third kappa shape index (κ3) is 4.63. The number of carboxylic acid groups (broad SMARTS) is 1. The van der Waals surface area contributed by atoms with Gasteiger partial charge in [0.2, 0.25) is 0 Å². The molecule has 0 bridgehead atoms. The first kappa shape index (κ1) is 19.3. The van der Waals surface area contributed by atoms with Crippen molar-refractivity contribution in [1.29, 1.82) is 0 Å². The van der Waals surface area contributed by atoms with Crippen molar-refractivity contribution in [3.05, 3.63) is 53.1 Å². The molecule has 27 heavy (non-hydrogen) atoms. The van der Waals surface area contributed by atoms with Crippen LogP contribution in [0.5, 0.6) is 11.5 Å². The molecule has 0 spiro atoms. The predicted octanol–water partition coefficient (Wildman–Crippen LogP) is 2.98. The average molecular weight is 393 g/mol. The van der Waals surface area contributed by atoms with Gasteiger partial charge in [-0.1, -0.05) is 30.7 Å². The first-order chi connectivity index (χ1) is 13.0. The van der Waals surface area contributed by atoms with Crippen LogP contribution in [-0.2, 0) is 4.79 Å². The molecule has 1 heterocycles. The highest BCUT2D eigenvalue weighted by molar-refractivity contribution is 6.30. The summed E-state index contributed by atoms with van der Waals surface area (Å²) < 4.78 is 10.5. The van der Waals surface area contributed by atoms with Gasteiger partial charge in [0.05, 0.1) is 11.8 Å². The summed E-state index contributed by atoms with van der Waals surface area (Å²) in [7, 11) is 0. The number of halogens is 1. The lowest BCUT2D eigenvalue weighted by Gasteiger charge is -2.27. The van der Waals surface area contributed by atoms with E-state index in [1.165, 1.54) is 0 Å². The highest BCUT2D eigenvalue weighted by atomic mass is 35.5. The van der Waals surface area contributed by atoms with Crippen LogP contribution in [0.25, 0.3) is 0 Å². The summed E-state index contributed by atoms with van der Waals surface area (Å²) in [4.78, 5) is 11.0. The van der Waals surface area contributed by atoms with Gasteiger partial charge in [-0.3, -0.25) is 0 Å². The van der Waals surface area contributed by atoms with Crippen molar-refractivity contribution >= 4 is 23.3 Å². The highest BCUT2D eigenvalue weighted by Crippen LogP contribution is 2.37. The summed E-state index contributed by atoms with van der Waals surface area (Å²) in [5.41, 5.74) is 4.71. The van der Waals surface area contributed by atoms with Crippen molar-refractivity contribution in [1.82, 2.24) is 5.43 Å². The molecule has 7 nitrogen and oxygen atoms in total. The van der Waals surface area contributed by atoms with Gasteiger partial charge in [0, 0.05) is 24.2 Å². The van der Waals surface area contributed by atoms with Crippen molar-refractivity contribution in [2.75, 3.05) is 18.1 Å². The van der Waals surface area contributed by atoms with E-state index in [4.69, 9.17) is 26.2 Å². The van der Waals surface area contributed by atoms with Crippen LogP contribution < -0.4 is 19.9 Å². The van der Waals surface area contributed by atoms with Gasteiger partial charge >= 0.3 is 12.3 Å². The summed E-state index contributed by atoms with van der Waals surface area (Å²) in [5, 5.41) is 21.9. The standard InChI is InChI=1S/C19H21ClN2O5/c1-2-8-22(21-11-15(23)12-4-3-5-13(20)9-12)14-6-7-16-17(10-14)27-19(26-16)18(24)25/h3-7,9-10,15,19,21,23H,2,8,11H2,1H3,(H,24,25)/t15-,19?/m0/s1. The minimum Gasteiger partial charge on any atom is -0.476 e. The molecule has 1 aliphatic rings. The Morgan fingerprint density at radius 2 is 2.04 bits per heavy atom. The molecule has 3 N–H and O–H groups in total. The number of nitrogens with one attached hydrogen (secondary N) is 1. The van der Waals surface area contributed by atoms with Gasteiger partial charge in [-0.25, -0.2) is 10.2 Å². The van der Waals surface area contributed by atoms with Gasteiger partial charge in [0.25, 0.3) is 0 Å². The molecule has 0 saturated heterocycles. The van der Waals surface area contributed by atoms with Crippen molar-refractivity contribution in [3.8, 4) is 11.5 Å². The molecule has 0 aromatic heterocycles. The van der Waals surface area contributed by atoms with E-state index >= 15 is 0 Å². The lowest BCUT2D eigenvalue weighted by Crippen LogP contribution is -2.41. The Balaban J connectivity index is 1.69. The molecule has 2 aromatic rings. The fraction of sp³-hybridized carbons (Fsp3) is 0.316. The zero-order chi connectivity index (χ0) is 19.4. The zero-order valence-electron chi connectivity index (χ0n) is 14.8. The number of ether oxygens (including phenoxy) is 2. The van der Waals surface area contributed by atoms with Crippen LogP contribution in [0, 0.1) is 0 Å². The largest absolute Gasteiger partial charge is 0.476 e. The van der Waals surface area contributed by atoms with Gasteiger partial charge in [-0.15, -0.1) is 0 Å². The van der Waals surface area contributed by atoms with Crippen LogP contribution in [-0.4, -0.2) is 35.6 Å². The molecule has 2 atom stereocenters. The Bertz CT molecular complexity index is 816. The maximum Gasteiger partial charge on any atom is 0.387 e. The maximum atomic E-state index is 11.0. The normalized spacial score (nSPS) is 16.2. The van der Waals surface area contributed by atoms with Crippen molar-refractivity contribution in [2.24, 2.45) is 0 Å². The third-order valence-corrected chi connectivity index (χ3v) is 4.30. The average Bonchev–Trinajstić information content (AvgIpc) is 3.08. The number of hydrogen-bond donors (Lipinski definition) is 3. The number of anilines is 1. The van der Waals surface area contributed by atoms with Crippen molar-refractivity contribution in [3.63, 3.8) is 0 Å². The molecule has 0 radical (unpaired) electrons. The number of carboxylic acids is 1. The molecule has 3 rings (SSSR count). The molecule has 0 fully saturated rings. The van der Waals surface area contributed by atoms with E-state index in [0.29, 0.717) is 23.1 Å². The monoisotopic (exact) mass is 392 g/mol. The first-order valence-electron chi connectivity index (χ1n) is 8.62. The molecular formula is C19H21ClN2O5. The van der Waals surface area contributed by atoms with E-state index in [-0.39, 0.29) is 6.54 Å². The van der Waals surface area contributed by atoms with Gasteiger partial charge in [-0.05, 0) is 36.2 Å². The summed E-state index contributed by atoms with van der Waals surface area (Å²) >= 11 is 5.98. The number of aliphatic carboxylic acids is 1. The van der Waals surface area contributed by atoms with Gasteiger partial charge < -0.3 is 24.7 Å². The summed E-state index contributed by atoms with van der Waals surface area (Å²) in [5.74, 6) is -0.416. The summed E-state index contributed by atoms with van der Waals surface area (Å²) in [6.45, 7) is 3.01. The summed E-state index contributed by atoms with van der Waals surface area (Å²) in [6, 6.07) is 12.3.